The smallest absolute Gasteiger partial charge is 0.123 e. The number of aromatic nitrogens is 1. The van der Waals surface area contributed by atoms with Gasteiger partial charge in [0, 0.05) is 18.3 Å². The first-order chi connectivity index (χ1) is 9.08. The van der Waals surface area contributed by atoms with Gasteiger partial charge in [-0.05, 0) is 53.3 Å². The van der Waals surface area contributed by atoms with Gasteiger partial charge in [0.25, 0.3) is 0 Å². The Bertz CT molecular complexity index is 561. The molecule has 0 unspecified atom stereocenters. The molecule has 0 saturated carbocycles. The van der Waals surface area contributed by atoms with Crippen LogP contribution in [0.1, 0.15) is 49.1 Å². The van der Waals surface area contributed by atoms with Gasteiger partial charge in [0.15, 0.2) is 0 Å². The monoisotopic (exact) mass is 257 g/mol. The van der Waals surface area contributed by atoms with Gasteiger partial charge in [-0.25, -0.2) is 4.39 Å². The maximum Gasteiger partial charge on any atom is 0.123 e. The molecule has 0 aliphatic rings. The van der Waals surface area contributed by atoms with E-state index in [2.05, 4.69) is 37.9 Å². The molecule has 0 atom stereocenters. The van der Waals surface area contributed by atoms with Gasteiger partial charge in [-0.15, -0.1) is 0 Å². The third kappa shape index (κ3) is 3.63. The number of nitrogens with zero attached hydrogens (tertiary/aromatic N) is 1. The Balaban J connectivity index is 2.27. The largest absolute Gasteiger partial charge is 0.261 e. The van der Waals surface area contributed by atoms with Crippen LogP contribution in [-0.2, 0) is 12.8 Å². The predicted molar refractivity (Wildman–Crippen MR) is 76.9 cm³/mol. The Labute approximate surface area is 114 Å². The summed E-state index contributed by atoms with van der Waals surface area (Å²) in [6.45, 7) is 6.28. The summed E-state index contributed by atoms with van der Waals surface area (Å²) in [5.41, 5.74) is 4.30. The molecule has 19 heavy (non-hydrogen) atoms. The molecule has 1 nitrogen and oxygen atoms in total. The van der Waals surface area contributed by atoms with Gasteiger partial charge < -0.3 is 0 Å². The van der Waals surface area contributed by atoms with Crippen molar-refractivity contribution in [2.45, 2.75) is 39.5 Å². The van der Waals surface area contributed by atoms with Gasteiger partial charge in [-0.3, -0.25) is 4.98 Å². The van der Waals surface area contributed by atoms with Crippen molar-refractivity contribution in [2.24, 2.45) is 0 Å². The van der Waals surface area contributed by atoms with Gasteiger partial charge >= 0.3 is 0 Å². The third-order valence-corrected chi connectivity index (χ3v) is 3.32. The van der Waals surface area contributed by atoms with Crippen LogP contribution in [-0.4, -0.2) is 4.98 Å². The van der Waals surface area contributed by atoms with Crippen molar-refractivity contribution in [3.63, 3.8) is 0 Å². The van der Waals surface area contributed by atoms with Crippen LogP contribution in [0.2, 0.25) is 0 Å². The fourth-order valence-electron chi connectivity index (χ4n) is 2.16. The van der Waals surface area contributed by atoms with Crippen molar-refractivity contribution in [1.29, 1.82) is 0 Å². The quantitative estimate of drug-likeness (QED) is 0.786. The number of aryl methyl sites for hydroxylation is 1. The highest BCUT2D eigenvalue weighted by molar-refractivity contribution is 5.30. The first-order valence-electron chi connectivity index (χ1n) is 6.81. The Morgan fingerprint density at radius 1 is 1.11 bits per heavy atom. The molecule has 0 spiro atoms. The molecule has 1 aromatic carbocycles. The van der Waals surface area contributed by atoms with Gasteiger partial charge in [0.05, 0.1) is 0 Å². The van der Waals surface area contributed by atoms with Crippen molar-refractivity contribution in [2.75, 3.05) is 0 Å². The van der Waals surface area contributed by atoms with Gasteiger partial charge in [-0.2, -0.15) is 0 Å². The first-order valence-corrected chi connectivity index (χ1v) is 6.81. The SMILES string of the molecule is CCc1ccnc(Cc2cc(F)cc(C(C)C)c2)c1. The van der Waals surface area contributed by atoms with E-state index in [9.17, 15) is 4.39 Å². The van der Waals surface area contributed by atoms with Crippen molar-refractivity contribution in [3.05, 3.63) is 64.7 Å². The summed E-state index contributed by atoms with van der Waals surface area (Å²) in [5.74, 6) is 0.178. The van der Waals surface area contributed by atoms with Crippen LogP contribution in [0.4, 0.5) is 4.39 Å². The molecule has 1 aromatic heterocycles. The Morgan fingerprint density at radius 2 is 1.89 bits per heavy atom. The number of hydrogen-bond acceptors (Lipinski definition) is 1. The second kappa shape index (κ2) is 5.96. The average Bonchev–Trinajstić information content (AvgIpc) is 2.38. The fourth-order valence-corrected chi connectivity index (χ4v) is 2.16. The van der Waals surface area contributed by atoms with E-state index in [1.165, 1.54) is 5.56 Å². The molecular formula is C17H20FN. The molecule has 0 aliphatic carbocycles. The molecule has 2 aromatic rings. The summed E-state index contributed by atoms with van der Waals surface area (Å²) < 4.78 is 13.6. The Kier molecular flexibility index (Phi) is 4.31. The lowest BCUT2D eigenvalue weighted by Crippen LogP contribution is -1.97. The number of rotatable bonds is 4. The molecule has 2 rings (SSSR count). The molecule has 0 aliphatic heterocycles. The second-order valence-electron chi connectivity index (χ2n) is 5.23. The van der Waals surface area contributed by atoms with E-state index < -0.39 is 0 Å². The Hall–Kier alpha value is -1.70. The minimum Gasteiger partial charge on any atom is -0.261 e. The van der Waals surface area contributed by atoms with Crippen molar-refractivity contribution in [1.82, 2.24) is 4.98 Å². The number of halogens is 1. The van der Waals surface area contributed by atoms with Gasteiger partial charge in [0.2, 0.25) is 0 Å². The highest BCUT2D eigenvalue weighted by Crippen LogP contribution is 2.19. The van der Waals surface area contributed by atoms with Gasteiger partial charge in [-0.1, -0.05) is 26.8 Å². The number of benzene rings is 1. The summed E-state index contributed by atoms with van der Waals surface area (Å²) in [5, 5.41) is 0. The third-order valence-electron chi connectivity index (χ3n) is 3.32. The van der Waals surface area contributed by atoms with E-state index in [1.807, 2.05) is 12.3 Å². The van der Waals surface area contributed by atoms with Crippen molar-refractivity contribution >= 4 is 0 Å². The van der Waals surface area contributed by atoms with Crippen LogP contribution in [0.25, 0.3) is 0 Å². The minimum atomic E-state index is -0.159. The van der Waals surface area contributed by atoms with E-state index in [4.69, 9.17) is 0 Å². The topological polar surface area (TPSA) is 12.9 Å². The standard InChI is InChI=1S/C17H20FN/c1-4-13-5-6-19-17(9-13)10-14-7-15(12(2)3)11-16(18)8-14/h5-9,11-12H,4,10H2,1-3H3. The zero-order valence-corrected chi connectivity index (χ0v) is 11.8. The summed E-state index contributed by atoms with van der Waals surface area (Å²) >= 11 is 0. The van der Waals surface area contributed by atoms with Crippen molar-refractivity contribution in [3.8, 4) is 0 Å². The molecule has 2 heteroatoms. The number of pyridine rings is 1. The molecule has 1 heterocycles. The first kappa shape index (κ1) is 13.7. The zero-order chi connectivity index (χ0) is 13.8. The normalized spacial score (nSPS) is 11.0. The molecule has 0 amide bonds. The lowest BCUT2D eigenvalue weighted by molar-refractivity contribution is 0.621. The van der Waals surface area contributed by atoms with Crippen molar-refractivity contribution < 1.29 is 4.39 Å². The van der Waals surface area contributed by atoms with E-state index in [-0.39, 0.29) is 5.82 Å². The lowest BCUT2D eigenvalue weighted by Gasteiger charge is -2.09. The maximum absolute atomic E-state index is 13.6. The van der Waals surface area contributed by atoms with Crippen LogP contribution >= 0.6 is 0 Å². The highest BCUT2D eigenvalue weighted by Gasteiger charge is 2.06. The second-order valence-corrected chi connectivity index (χ2v) is 5.23. The summed E-state index contributed by atoms with van der Waals surface area (Å²) in [6.07, 6.45) is 3.51. The van der Waals surface area contributed by atoms with Crippen LogP contribution in [0.15, 0.2) is 36.5 Å². The molecular weight excluding hydrogens is 237 g/mol. The Morgan fingerprint density at radius 3 is 2.58 bits per heavy atom. The van der Waals surface area contributed by atoms with Crippen LogP contribution in [0, 0.1) is 5.82 Å². The maximum atomic E-state index is 13.6. The summed E-state index contributed by atoms with van der Waals surface area (Å²) in [4.78, 5) is 4.36. The zero-order valence-electron chi connectivity index (χ0n) is 11.8. The molecule has 0 N–H and O–H groups in total. The molecule has 0 saturated heterocycles. The number of hydrogen-bond donors (Lipinski definition) is 0. The van der Waals surface area contributed by atoms with Crippen LogP contribution in [0.5, 0.6) is 0 Å². The van der Waals surface area contributed by atoms with E-state index in [0.29, 0.717) is 12.3 Å². The van der Waals surface area contributed by atoms with E-state index in [1.54, 1.807) is 12.1 Å². The minimum absolute atomic E-state index is 0.159. The molecule has 100 valence electrons. The predicted octanol–water partition coefficient (Wildman–Crippen LogP) is 4.50. The van der Waals surface area contributed by atoms with Crippen LogP contribution in [0.3, 0.4) is 0 Å². The van der Waals surface area contributed by atoms with Crippen LogP contribution < -0.4 is 0 Å². The van der Waals surface area contributed by atoms with Gasteiger partial charge in [0.1, 0.15) is 5.82 Å². The fraction of sp³-hybridized carbons (Fsp3) is 0.353. The molecule has 0 radical (unpaired) electrons. The van der Waals surface area contributed by atoms with E-state index >= 15 is 0 Å². The lowest BCUT2D eigenvalue weighted by atomic mass is 9.98. The van der Waals surface area contributed by atoms with E-state index in [0.717, 1.165) is 23.2 Å². The average molecular weight is 257 g/mol. The highest BCUT2D eigenvalue weighted by atomic mass is 19.1. The summed E-state index contributed by atoms with van der Waals surface area (Å²) in [7, 11) is 0. The molecule has 0 fully saturated rings. The summed E-state index contributed by atoms with van der Waals surface area (Å²) in [6, 6.07) is 9.42. The molecule has 0 bridgehead atoms.